The van der Waals surface area contributed by atoms with Crippen molar-refractivity contribution in [2.45, 2.75) is 81.4 Å². The van der Waals surface area contributed by atoms with Crippen LogP contribution in [0.3, 0.4) is 0 Å². The van der Waals surface area contributed by atoms with Crippen LogP contribution in [-0.2, 0) is 21.2 Å². The number of hydrogen-bond acceptors (Lipinski definition) is 5. The molecule has 0 atom stereocenters. The lowest BCUT2D eigenvalue weighted by Crippen LogP contribution is -2.50. The number of benzene rings is 1. The molecule has 1 aromatic carbocycles. The van der Waals surface area contributed by atoms with E-state index < -0.39 is 20.5 Å². The van der Waals surface area contributed by atoms with E-state index in [1.807, 2.05) is 31.2 Å². The number of nitrogens with one attached hydrogen (secondary N) is 1. The number of anilines is 1. The van der Waals surface area contributed by atoms with Gasteiger partial charge in [0.1, 0.15) is 5.82 Å². The van der Waals surface area contributed by atoms with E-state index in [0.717, 1.165) is 42.9 Å². The molecule has 1 amide bonds. The quantitative estimate of drug-likeness (QED) is 0.675. The normalized spacial score (nSPS) is 18.7. The van der Waals surface area contributed by atoms with Crippen molar-refractivity contribution in [1.29, 1.82) is 0 Å². The van der Waals surface area contributed by atoms with E-state index in [-0.39, 0.29) is 11.4 Å². The Morgan fingerprint density at radius 1 is 1.00 bits per heavy atom. The monoisotopic (exact) mass is 469 g/mol. The first kappa shape index (κ1) is 23.7. The summed E-state index contributed by atoms with van der Waals surface area (Å²) in [5, 5.41) is 2.93. The van der Waals surface area contributed by atoms with Crippen molar-refractivity contribution in [3.8, 4) is 0 Å². The Morgan fingerprint density at radius 3 is 2.33 bits per heavy atom. The summed E-state index contributed by atoms with van der Waals surface area (Å²) in [5.41, 5.74) is 2.44. The van der Waals surface area contributed by atoms with Gasteiger partial charge >= 0.3 is 0 Å². The minimum atomic E-state index is -3.82. The number of nitrogens with zero attached hydrogens (tertiary/aromatic N) is 2. The van der Waals surface area contributed by atoms with E-state index in [1.54, 1.807) is 19.2 Å². The van der Waals surface area contributed by atoms with Gasteiger partial charge in [0, 0.05) is 25.8 Å². The highest BCUT2D eigenvalue weighted by atomic mass is 32.2. The molecule has 0 bridgehead atoms. The van der Waals surface area contributed by atoms with Crippen molar-refractivity contribution < 1.29 is 13.2 Å². The second kappa shape index (κ2) is 9.84. The lowest BCUT2D eigenvalue weighted by atomic mass is 10.1. The van der Waals surface area contributed by atoms with E-state index in [9.17, 15) is 13.2 Å². The van der Waals surface area contributed by atoms with E-state index in [0.29, 0.717) is 18.4 Å². The maximum absolute atomic E-state index is 13.8. The lowest BCUT2D eigenvalue weighted by Gasteiger charge is -2.28. The third-order valence-electron chi connectivity index (χ3n) is 7.16. The number of pyridine rings is 1. The van der Waals surface area contributed by atoms with Crippen LogP contribution in [0, 0.1) is 13.8 Å². The predicted molar refractivity (Wildman–Crippen MR) is 131 cm³/mol. The van der Waals surface area contributed by atoms with Gasteiger partial charge in [0.15, 0.2) is 14.6 Å². The van der Waals surface area contributed by atoms with Crippen LogP contribution in [0.2, 0.25) is 0 Å². The van der Waals surface area contributed by atoms with Crippen molar-refractivity contribution >= 4 is 21.6 Å². The molecule has 7 heteroatoms. The number of carbonyl (C=O) groups excluding carboxylic acids is 1. The minimum absolute atomic E-state index is 0.274. The fourth-order valence-electron chi connectivity index (χ4n) is 5.12. The molecule has 4 rings (SSSR count). The molecule has 178 valence electrons. The second-order valence-corrected chi connectivity index (χ2v) is 11.8. The smallest absolute Gasteiger partial charge is 0.242 e. The molecule has 0 unspecified atom stereocenters. The summed E-state index contributed by atoms with van der Waals surface area (Å²) >= 11 is 0. The van der Waals surface area contributed by atoms with Crippen LogP contribution >= 0.6 is 0 Å². The number of aryl methyl sites for hydroxylation is 2. The van der Waals surface area contributed by atoms with Gasteiger partial charge in [-0.05, 0) is 68.4 Å². The molecule has 0 spiro atoms. The largest absolute Gasteiger partial charge is 0.357 e. The molecule has 1 saturated heterocycles. The van der Waals surface area contributed by atoms with Crippen LogP contribution < -0.4 is 10.2 Å². The number of amides is 1. The molecule has 1 saturated carbocycles. The van der Waals surface area contributed by atoms with Crippen LogP contribution in [0.4, 0.5) is 5.82 Å². The highest BCUT2D eigenvalue weighted by molar-refractivity contribution is 7.93. The van der Waals surface area contributed by atoms with Crippen molar-refractivity contribution in [2.24, 2.45) is 0 Å². The number of hydrogen-bond donors (Lipinski definition) is 1. The summed E-state index contributed by atoms with van der Waals surface area (Å²) in [6.07, 6.45) is 8.92. The Labute approximate surface area is 197 Å². The standard InChI is InChI=1S/C26H35N3O3S/c1-20-9-10-21(2)23(17-20)33(31,32)26(13-5-6-14-26)25(30)28-19-22-11-12-24(27-18-22)29-15-7-3-4-8-16-29/h9-12,17-18H,3-8,13-16,19H2,1-2H3,(H,28,30). The molecule has 2 fully saturated rings. The van der Waals surface area contributed by atoms with Crippen LogP contribution in [0.5, 0.6) is 0 Å². The van der Waals surface area contributed by atoms with Gasteiger partial charge in [0.25, 0.3) is 0 Å². The van der Waals surface area contributed by atoms with Gasteiger partial charge in [-0.2, -0.15) is 0 Å². The SMILES string of the molecule is Cc1ccc(C)c(S(=O)(=O)C2(C(=O)NCc3ccc(N4CCCCCC4)nc3)CCCC2)c1. The molecule has 6 nitrogen and oxygen atoms in total. The zero-order valence-electron chi connectivity index (χ0n) is 19.8. The van der Waals surface area contributed by atoms with Crippen LogP contribution in [0.1, 0.15) is 68.1 Å². The van der Waals surface area contributed by atoms with Crippen molar-refractivity contribution in [1.82, 2.24) is 10.3 Å². The molecule has 1 aliphatic heterocycles. The average molecular weight is 470 g/mol. The van der Waals surface area contributed by atoms with Crippen LogP contribution in [0.15, 0.2) is 41.4 Å². The van der Waals surface area contributed by atoms with Gasteiger partial charge in [0.05, 0.1) is 4.90 Å². The van der Waals surface area contributed by atoms with E-state index >= 15 is 0 Å². The number of aromatic nitrogens is 1. The molecule has 2 aliphatic rings. The van der Waals surface area contributed by atoms with Crippen LogP contribution in [0.25, 0.3) is 0 Å². The Hall–Kier alpha value is -2.41. The van der Waals surface area contributed by atoms with Crippen molar-refractivity contribution in [3.63, 3.8) is 0 Å². The summed E-state index contributed by atoms with van der Waals surface area (Å²) in [5.74, 6) is 0.578. The fourth-order valence-corrected chi connectivity index (χ4v) is 7.52. The minimum Gasteiger partial charge on any atom is -0.357 e. The first-order valence-electron chi connectivity index (χ1n) is 12.1. The third-order valence-corrected chi connectivity index (χ3v) is 9.81. The van der Waals surface area contributed by atoms with E-state index in [2.05, 4.69) is 15.2 Å². The summed E-state index contributed by atoms with van der Waals surface area (Å²) < 4.78 is 26.1. The topological polar surface area (TPSA) is 79.4 Å². The Morgan fingerprint density at radius 2 is 1.70 bits per heavy atom. The maximum atomic E-state index is 13.8. The zero-order chi connectivity index (χ0) is 23.5. The Bertz CT molecular complexity index is 1080. The highest BCUT2D eigenvalue weighted by Crippen LogP contribution is 2.41. The molecule has 2 aromatic rings. The number of rotatable bonds is 6. The Kier molecular flexibility index (Phi) is 7.07. The zero-order valence-corrected chi connectivity index (χ0v) is 20.6. The lowest BCUT2D eigenvalue weighted by molar-refractivity contribution is -0.123. The summed E-state index contributed by atoms with van der Waals surface area (Å²) in [7, 11) is -3.82. The maximum Gasteiger partial charge on any atom is 0.242 e. The van der Waals surface area contributed by atoms with Gasteiger partial charge in [-0.25, -0.2) is 13.4 Å². The number of sulfone groups is 1. The fraction of sp³-hybridized carbons (Fsp3) is 0.538. The molecular formula is C26H35N3O3S. The molecule has 1 N–H and O–H groups in total. The van der Waals surface area contributed by atoms with Gasteiger partial charge < -0.3 is 10.2 Å². The first-order valence-corrected chi connectivity index (χ1v) is 13.6. The van der Waals surface area contributed by atoms with Crippen LogP contribution in [-0.4, -0.2) is 37.1 Å². The molecular weight excluding hydrogens is 434 g/mol. The van der Waals surface area contributed by atoms with E-state index in [4.69, 9.17) is 0 Å². The Balaban J connectivity index is 1.49. The van der Waals surface area contributed by atoms with E-state index in [1.165, 1.54) is 25.7 Å². The highest BCUT2D eigenvalue weighted by Gasteiger charge is 2.53. The van der Waals surface area contributed by atoms with Gasteiger partial charge in [-0.3, -0.25) is 4.79 Å². The van der Waals surface area contributed by atoms with Gasteiger partial charge in [-0.15, -0.1) is 0 Å². The predicted octanol–water partition coefficient (Wildman–Crippen LogP) is 4.48. The summed E-state index contributed by atoms with van der Waals surface area (Å²) in [6, 6.07) is 9.40. The third kappa shape index (κ3) is 4.79. The molecule has 33 heavy (non-hydrogen) atoms. The first-order chi connectivity index (χ1) is 15.8. The number of carbonyl (C=O) groups is 1. The summed E-state index contributed by atoms with van der Waals surface area (Å²) in [6.45, 7) is 6.01. The average Bonchev–Trinajstić information content (AvgIpc) is 3.18. The van der Waals surface area contributed by atoms with Gasteiger partial charge in [-0.1, -0.05) is 43.9 Å². The molecule has 1 aromatic heterocycles. The molecule has 0 radical (unpaired) electrons. The van der Waals surface area contributed by atoms with Crippen molar-refractivity contribution in [3.05, 3.63) is 53.2 Å². The van der Waals surface area contributed by atoms with Gasteiger partial charge in [0.2, 0.25) is 5.91 Å². The molecule has 1 aliphatic carbocycles. The second-order valence-electron chi connectivity index (χ2n) is 9.58. The molecule has 2 heterocycles. The van der Waals surface area contributed by atoms with Crippen molar-refractivity contribution in [2.75, 3.05) is 18.0 Å². The summed E-state index contributed by atoms with van der Waals surface area (Å²) in [4.78, 5) is 20.6.